The third-order valence-electron chi connectivity index (χ3n) is 2.68. The second kappa shape index (κ2) is 6.12. The first kappa shape index (κ1) is 13.2. The second-order valence-electron chi connectivity index (χ2n) is 4.02. The van der Waals surface area contributed by atoms with Gasteiger partial charge in [-0.2, -0.15) is 11.8 Å². The quantitative estimate of drug-likeness (QED) is 0.893. The van der Waals surface area contributed by atoms with Gasteiger partial charge in [-0.3, -0.25) is 4.79 Å². The van der Waals surface area contributed by atoms with Crippen molar-refractivity contribution in [2.75, 3.05) is 11.5 Å². The van der Waals surface area contributed by atoms with Gasteiger partial charge in [-0.25, -0.2) is 0 Å². The van der Waals surface area contributed by atoms with Crippen molar-refractivity contribution in [3.05, 3.63) is 33.3 Å². The van der Waals surface area contributed by atoms with E-state index in [1.165, 1.54) is 12.2 Å². The summed E-state index contributed by atoms with van der Waals surface area (Å²) in [6, 6.07) is 5.54. The van der Waals surface area contributed by atoms with E-state index in [1.807, 2.05) is 11.8 Å². The summed E-state index contributed by atoms with van der Waals surface area (Å²) in [6.07, 6.45) is 2.26. The summed E-state index contributed by atoms with van der Waals surface area (Å²) < 4.78 is 0.754. The number of hydrogen-bond donors (Lipinski definition) is 1. The van der Waals surface area contributed by atoms with Gasteiger partial charge >= 0.3 is 0 Å². The van der Waals surface area contributed by atoms with E-state index in [-0.39, 0.29) is 5.91 Å². The summed E-state index contributed by atoms with van der Waals surface area (Å²) >= 11 is 11.1. The van der Waals surface area contributed by atoms with Crippen molar-refractivity contribution in [2.24, 2.45) is 0 Å². The molecule has 0 radical (unpaired) electrons. The molecule has 0 saturated carbocycles. The van der Waals surface area contributed by atoms with Gasteiger partial charge in [0.1, 0.15) is 0 Å². The van der Waals surface area contributed by atoms with Crippen molar-refractivity contribution >= 4 is 45.2 Å². The van der Waals surface area contributed by atoms with Gasteiger partial charge in [-0.1, -0.05) is 11.6 Å². The number of rotatable bonds is 2. The van der Waals surface area contributed by atoms with E-state index < -0.39 is 0 Å². The maximum atomic E-state index is 12.0. The van der Waals surface area contributed by atoms with Crippen LogP contribution in [0, 0.1) is 0 Å². The van der Waals surface area contributed by atoms with E-state index in [4.69, 9.17) is 11.6 Å². The molecule has 2 nitrogen and oxygen atoms in total. The molecule has 1 fully saturated rings. The number of nitrogens with one attached hydrogen (secondary N) is 1. The summed E-state index contributed by atoms with van der Waals surface area (Å²) in [5, 5.41) is 3.68. The van der Waals surface area contributed by atoms with Crippen molar-refractivity contribution in [2.45, 2.75) is 18.9 Å². The molecule has 1 atom stereocenters. The SMILES string of the molecule is O=C(NC1CCCSC1)c1ccc(Cl)c(Br)c1. The van der Waals surface area contributed by atoms with Crippen LogP contribution in [0.1, 0.15) is 23.2 Å². The van der Waals surface area contributed by atoms with Gasteiger partial charge < -0.3 is 5.32 Å². The van der Waals surface area contributed by atoms with Gasteiger partial charge in [0.15, 0.2) is 0 Å². The lowest BCUT2D eigenvalue weighted by atomic mass is 10.1. The summed E-state index contributed by atoms with van der Waals surface area (Å²) in [6.45, 7) is 0. The Morgan fingerprint density at radius 3 is 3.00 bits per heavy atom. The summed E-state index contributed by atoms with van der Waals surface area (Å²) in [4.78, 5) is 12.0. The molecule has 1 saturated heterocycles. The van der Waals surface area contributed by atoms with Crippen LogP contribution in [-0.4, -0.2) is 23.5 Å². The van der Waals surface area contributed by atoms with Gasteiger partial charge in [0.05, 0.1) is 5.02 Å². The molecule has 1 aromatic rings. The zero-order chi connectivity index (χ0) is 12.3. The van der Waals surface area contributed by atoms with Crippen LogP contribution in [0.4, 0.5) is 0 Å². The molecule has 1 amide bonds. The lowest BCUT2D eigenvalue weighted by Crippen LogP contribution is -2.38. The van der Waals surface area contributed by atoms with E-state index in [0.29, 0.717) is 16.6 Å². The number of benzene rings is 1. The average Bonchev–Trinajstić information content (AvgIpc) is 2.34. The Kier molecular flexibility index (Phi) is 4.77. The van der Waals surface area contributed by atoms with Gasteiger partial charge in [-0.05, 0) is 52.7 Å². The van der Waals surface area contributed by atoms with Crippen LogP contribution in [0.5, 0.6) is 0 Å². The van der Waals surface area contributed by atoms with Crippen molar-refractivity contribution in [3.63, 3.8) is 0 Å². The Morgan fingerprint density at radius 1 is 1.53 bits per heavy atom. The molecule has 1 unspecified atom stereocenters. The average molecular weight is 335 g/mol. The highest BCUT2D eigenvalue weighted by Crippen LogP contribution is 2.23. The third-order valence-corrected chi connectivity index (χ3v) is 5.11. The molecule has 0 bridgehead atoms. The minimum Gasteiger partial charge on any atom is -0.348 e. The van der Waals surface area contributed by atoms with Crippen LogP contribution in [0.3, 0.4) is 0 Å². The zero-order valence-corrected chi connectivity index (χ0v) is 12.4. The number of amides is 1. The normalized spacial score (nSPS) is 20.0. The van der Waals surface area contributed by atoms with Crippen LogP contribution in [0.2, 0.25) is 5.02 Å². The molecular formula is C12H13BrClNOS. The molecule has 1 heterocycles. The molecule has 1 aliphatic rings. The third kappa shape index (κ3) is 3.63. The number of thioether (sulfide) groups is 1. The molecule has 17 heavy (non-hydrogen) atoms. The van der Waals surface area contributed by atoms with Gasteiger partial charge in [0.2, 0.25) is 0 Å². The molecule has 2 rings (SSSR count). The number of hydrogen-bond acceptors (Lipinski definition) is 2. The molecule has 92 valence electrons. The molecule has 1 aromatic carbocycles. The summed E-state index contributed by atoms with van der Waals surface area (Å²) in [5.41, 5.74) is 0.650. The first-order valence-electron chi connectivity index (χ1n) is 5.50. The molecule has 0 spiro atoms. The molecule has 1 aliphatic heterocycles. The van der Waals surface area contributed by atoms with E-state index in [1.54, 1.807) is 18.2 Å². The van der Waals surface area contributed by atoms with Crippen molar-refractivity contribution in [1.82, 2.24) is 5.32 Å². The minimum absolute atomic E-state index is 0.0186. The van der Waals surface area contributed by atoms with Crippen molar-refractivity contribution in [1.29, 1.82) is 0 Å². The van der Waals surface area contributed by atoms with E-state index in [0.717, 1.165) is 16.6 Å². The maximum Gasteiger partial charge on any atom is 0.251 e. The maximum absolute atomic E-state index is 12.0. The van der Waals surface area contributed by atoms with Crippen LogP contribution in [-0.2, 0) is 0 Å². The van der Waals surface area contributed by atoms with Crippen LogP contribution in [0.25, 0.3) is 0 Å². The van der Waals surface area contributed by atoms with Crippen molar-refractivity contribution < 1.29 is 4.79 Å². The van der Waals surface area contributed by atoms with Gasteiger partial charge in [-0.15, -0.1) is 0 Å². The first-order chi connectivity index (χ1) is 8.16. The first-order valence-corrected chi connectivity index (χ1v) is 7.83. The fourth-order valence-corrected chi connectivity index (χ4v) is 3.33. The van der Waals surface area contributed by atoms with E-state index >= 15 is 0 Å². The Morgan fingerprint density at radius 2 is 2.35 bits per heavy atom. The Bertz CT molecular complexity index is 421. The molecular weight excluding hydrogens is 322 g/mol. The predicted octanol–water partition coefficient (Wildman–Crippen LogP) is 3.73. The lowest BCUT2D eigenvalue weighted by Gasteiger charge is -2.22. The van der Waals surface area contributed by atoms with Crippen LogP contribution in [0.15, 0.2) is 22.7 Å². The Hall–Kier alpha value is -0.190. The molecule has 0 aromatic heterocycles. The second-order valence-corrected chi connectivity index (χ2v) is 6.43. The van der Waals surface area contributed by atoms with Gasteiger partial charge in [0.25, 0.3) is 5.91 Å². The van der Waals surface area contributed by atoms with E-state index in [9.17, 15) is 4.79 Å². The molecule has 1 N–H and O–H groups in total. The highest BCUT2D eigenvalue weighted by Gasteiger charge is 2.17. The minimum atomic E-state index is -0.0186. The standard InChI is InChI=1S/C12H13BrClNOS/c13-10-6-8(3-4-11(10)14)12(16)15-9-2-1-5-17-7-9/h3-4,6,9H,1-2,5,7H2,(H,15,16). The monoisotopic (exact) mass is 333 g/mol. The van der Waals surface area contributed by atoms with Crippen LogP contribution < -0.4 is 5.32 Å². The fraction of sp³-hybridized carbons (Fsp3) is 0.417. The Balaban J connectivity index is 2.01. The van der Waals surface area contributed by atoms with Crippen LogP contribution >= 0.6 is 39.3 Å². The summed E-state index contributed by atoms with van der Waals surface area (Å²) in [5.74, 6) is 2.20. The largest absolute Gasteiger partial charge is 0.348 e. The van der Waals surface area contributed by atoms with Gasteiger partial charge in [0, 0.05) is 21.8 Å². The molecule has 5 heteroatoms. The van der Waals surface area contributed by atoms with Crippen molar-refractivity contribution in [3.8, 4) is 0 Å². The smallest absolute Gasteiger partial charge is 0.251 e. The number of halogens is 2. The van der Waals surface area contributed by atoms with E-state index in [2.05, 4.69) is 21.2 Å². The molecule has 0 aliphatic carbocycles. The Labute approximate surface area is 119 Å². The topological polar surface area (TPSA) is 29.1 Å². The fourth-order valence-electron chi connectivity index (χ4n) is 1.76. The number of carbonyl (C=O) groups is 1. The zero-order valence-electron chi connectivity index (χ0n) is 9.21. The lowest BCUT2D eigenvalue weighted by molar-refractivity contribution is 0.0938. The highest BCUT2D eigenvalue weighted by atomic mass is 79.9. The number of carbonyl (C=O) groups excluding carboxylic acids is 1. The summed E-state index contributed by atoms with van der Waals surface area (Å²) in [7, 11) is 0. The highest BCUT2D eigenvalue weighted by molar-refractivity contribution is 9.10. The predicted molar refractivity (Wildman–Crippen MR) is 77.0 cm³/mol.